The minimum atomic E-state index is -4.96. The van der Waals surface area contributed by atoms with E-state index in [1.54, 1.807) is 0 Å². The number of aliphatic hydroxyl groups is 1. The van der Waals surface area contributed by atoms with Gasteiger partial charge in [-0.25, -0.2) is 9.13 Å². The van der Waals surface area contributed by atoms with Crippen molar-refractivity contribution in [1.82, 2.24) is 0 Å². The second-order valence-electron chi connectivity index (χ2n) is 28.4. The van der Waals surface area contributed by atoms with Gasteiger partial charge in [0.25, 0.3) is 0 Å². The van der Waals surface area contributed by atoms with Crippen molar-refractivity contribution in [3.8, 4) is 0 Å². The van der Waals surface area contributed by atoms with Crippen LogP contribution in [0, 0.1) is 23.7 Å². The Morgan fingerprint density at radius 1 is 0.301 bits per heavy atom. The highest BCUT2D eigenvalue weighted by atomic mass is 31.2. The standard InChI is InChI=1S/C74H144O17P2/c1-9-67(8)53-45-37-32-33-39-47-55-72(77)85-61-70(91-74(79)57-49-41-31-23-19-15-14-17-21-27-35-43-51-65(4)5)63-89-93(82,83)87-59-68(75)58-86-92(80,81)88-62-69(60-84-71(76)54-46-38-29-25-24-28-36-44-52-66(6)7)90-73(78)56-48-40-30-22-18-13-11-10-12-16-20-26-34-42-50-64(2)3/h64-70,75H,9-63H2,1-8H3,(H,80,81)(H,82,83)/t67?,68-,69-,70-/m1/s1. The molecule has 0 aromatic heterocycles. The molecule has 3 N–H and O–H groups in total. The third-order valence-electron chi connectivity index (χ3n) is 17.4. The molecule has 0 radical (unpaired) electrons. The highest BCUT2D eigenvalue weighted by Gasteiger charge is 2.30. The molecule has 0 bridgehead atoms. The lowest BCUT2D eigenvalue weighted by Crippen LogP contribution is -2.30. The number of carbonyl (C=O) groups is 4. The molecule has 0 spiro atoms. The first-order chi connectivity index (χ1) is 44.6. The topological polar surface area (TPSA) is 237 Å². The number of aliphatic hydroxyl groups excluding tert-OH is 1. The van der Waals surface area contributed by atoms with Crippen molar-refractivity contribution >= 4 is 39.5 Å². The van der Waals surface area contributed by atoms with E-state index in [0.29, 0.717) is 25.7 Å². The smallest absolute Gasteiger partial charge is 0.462 e. The fourth-order valence-electron chi connectivity index (χ4n) is 11.2. The molecule has 0 saturated heterocycles. The molecular formula is C74H144O17P2. The Morgan fingerprint density at radius 2 is 0.516 bits per heavy atom. The van der Waals surface area contributed by atoms with Gasteiger partial charge in [-0.3, -0.25) is 37.3 Å². The van der Waals surface area contributed by atoms with E-state index in [0.717, 1.165) is 120 Å². The molecule has 0 rings (SSSR count). The molecule has 0 amide bonds. The molecule has 0 aromatic carbocycles. The summed E-state index contributed by atoms with van der Waals surface area (Å²) >= 11 is 0. The number of ether oxygens (including phenoxy) is 4. The summed E-state index contributed by atoms with van der Waals surface area (Å²) in [5.41, 5.74) is 0. The third kappa shape index (κ3) is 67.0. The molecule has 19 heteroatoms. The fourth-order valence-corrected chi connectivity index (χ4v) is 12.7. The van der Waals surface area contributed by atoms with Gasteiger partial charge in [0.05, 0.1) is 26.4 Å². The van der Waals surface area contributed by atoms with Crippen LogP contribution in [0.1, 0.15) is 370 Å². The third-order valence-corrected chi connectivity index (χ3v) is 19.3. The second kappa shape index (κ2) is 63.5. The molecule has 0 aliphatic rings. The van der Waals surface area contributed by atoms with Gasteiger partial charge in [-0.1, -0.05) is 319 Å². The first-order valence-corrected chi connectivity index (χ1v) is 41.2. The lowest BCUT2D eigenvalue weighted by atomic mass is 10.00. The number of unbranched alkanes of at least 4 members (excludes halogenated alkanes) is 36. The van der Waals surface area contributed by atoms with E-state index < -0.39 is 97.5 Å². The van der Waals surface area contributed by atoms with Gasteiger partial charge in [0, 0.05) is 25.7 Å². The summed E-state index contributed by atoms with van der Waals surface area (Å²) < 4.78 is 68.4. The Balaban J connectivity index is 5.24. The van der Waals surface area contributed by atoms with E-state index >= 15 is 0 Å². The first kappa shape index (κ1) is 91.1. The Labute approximate surface area is 568 Å². The van der Waals surface area contributed by atoms with Crippen LogP contribution < -0.4 is 0 Å². The maximum atomic E-state index is 13.1. The summed E-state index contributed by atoms with van der Waals surface area (Å²) in [7, 11) is -9.91. The molecular weight excluding hydrogens is 1220 g/mol. The lowest BCUT2D eigenvalue weighted by molar-refractivity contribution is -0.161. The van der Waals surface area contributed by atoms with E-state index in [9.17, 15) is 43.2 Å². The molecule has 552 valence electrons. The molecule has 6 atom stereocenters. The van der Waals surface area contributed by atoms with Crippen molar-refractivity contribution in [2.45, 2.75) is 388 Å². The monoisotopic (exact) mass is 1370 g/mol. The Bertz CT molecular complexity index is 1840. The van der Waals surface area contributed by atoms with Crippen LogP contribution in [0.4, 0.5) is 0 Å². The van der Waals surface area contributed by atoms with Gasteiger partial charge in [-0.05, 0) is 49.4 Å². The zero-order valence-electron chi connectivity index (χ0n) is 60.9. The zero-order chi connectivity index (χ0) is 68.9. The van der Waals surface area contributed by atoms with Crippen LogP contribution in [0.3, 0.4) is 0 Å². The number of phosphoric ester groups is 2. The van der Waals surface area contributed by atoms with Crippen molar-refractivity contribution in [3.05, 3.63) is 0 Å². The fraction of sp³-hybridized carbons (Fsp3) is 0.946. The predicted octanol–water partition coefficient (Wildman–Crippen LogP) is 21.3. The van der Waals surface area contributed by atoms with Crippen molar-refractivity contribution < 1.29 is 80.2 Å². The van der Waals surface area contributed by atoms with E-state index in [2.05, 4.69) is 55.4 Å². The van der Waals surface area contributed by atoms with Crippen LogP contribution >= 0.6 is 15.6 Å². The SMILES string of the molecule is CCC(C)CCCCCCCCC(=O)OC[C@H](COP(=O)(O)OC[C@H](O)COP(=O)(O)OC[C@@H](COC(=O)CCCCCCCCCCC(C)C)OC(=O)CCCCCCCCCCCCCCCCC(C)C)OC(=O)CCCCCCCCCCCCCCC(C)C. The van der Waals surface area contributed by atoms with Crippen LogP contribution in [-0.4, -0.2) is 96.7 Å². The van der Waals surface area contributed by atoms with Gasteiger partial charge < -0.3 is 33.8 Å². The minimum Gasteiger partial charge on any atom is -0.462 e. The molecule has 0 saturated carbocycles. The molecule has 3 unspecified atom stereocenters. The molecule has 0 aliphatic carbocycles. The molecule has 17 nitrogen and oxygen atoms in total. The lowest BCUT2D eigenvalue weighted by Gasteiger charge is -2.21. The maximum Gasteiger partial charge on any atom is 0.472 e. The number of carbonyl (C=O) groups excluding carboxylic acids is 4. The largest absolute Gasteiger partial charge is 0.472 e. The second-order valence-corrected chi connectivity index (χ2v) is 31.3. The summed E-state index contributed by atoms with van der Waals surface area (Å²) in [5, 5.41) is 10.6. The predicted molar refractivity (Wildman–Crippen MR) is 377 cm³/mol. The highest BCUT2D eigenvalue weighted by molar-refractivity contribution is 7.47. The summed E-state index contributed by atoms with van der Waals surface area (Å²) in [6.07, 6.45) is 47.2. The van der Waals surface area contributed by atoms with Gasteiger partial charge in [0.1, 0.15) is 19.3 Å². The average molecular weight is 1370 g/mol. The van der Waals surface area contributed by atoms with Crippen LogP contribution in [0.15, 0.2) is 0 Å². The summed E-state index contributed by atoms with van der Waals surface area (Å²) in [6, 6.07) is 0. The van der Waals surface area contributed by atoms with Gasteiger partial charge in [0.15, 0.2) is 12.2 Å². The quantitative estimate of drug-likeness (QED) is 0.0222. The Hall–Kier alpha value is -1.94. The molecule has 0 heterocycles. The van der Waals surface area contributed by atoms with Crippen molar-refractivity contribution in [3.63, 3.8) is 0 Å². The Kier molecular flexibility index (Phi) is 62.2. The van der Waals surface area contributed by atoms with E-state index in [-0.39, 0.29) is 25.7 Å². The van der Waals surface area contributed by atoms with Crippen LogP contribution in [0.5, 0.6) is 0 Å². The van der Waals surface area contributed by atoms with Crippen molar-refractivity contribution in [1.29, 1.82) is 0 Å². The summed E-state index contributed by atoms with van der Waals surface area (Å²) in [4.78, 5) is 72.7. The summed E-state index contributed by atoms with van der Waals surface area (Å²) in [6.45, 7) is 14.1. The number of esters is 4. The maximum absolute atomic E-state index is 13.1. The number of hydrogen-bond acceptors (Lipinski definition) is 15. The van der Waals surface area contributed by atoms with Crippen LogP contribution in [0.25, 0.3) is 0 Å². The van der Waals surface area contributed by atoms with Crippen LogP contribution in [-0.2, 0) is 65.4 Å². The minimum absolute atomic E-state index is 0.105. The number of rotatable bonds is 71. The van der Waals surface area contributed by atoms with Gasteiger partial charge >= 0.3 is 39.5 Å². The normalized spacial score (nSPS) is 14.5. The molecule has 0 aliphatic heterocycles. The van der Waals surface area contributed by atoms with Crippen molar-refractivity contribution in [2.24, 2.45) is 23.7 Å². The number of phosphoric acid groups is 2. The van der Waals surface area contributed by atoms with Gasteiger partial charge in [0.2, 0.25) is 0 Å². The molecule has 0 fully saturated rings. The first-order valence-electron chi connectivity index (χ1n) is 38.2. The van der Waals surface area contributed by atoms with Crippen molar-refractivity contribution in [2.75, 3.05) is 39.6 Å². The van der Waals surface area contributed by atoms with Crippen LogP contribution in [0.2, 0.25) is 0 Å². The van der Waals surface area contributed by atoms with Gasteiger partial charge in [-0.15, -0.1) is 0 Å². The van der Waals surface area contributed by atoms with E-state index in [1.807, 2.05) is 0 Å². The molecule has 0 aromatic rings. The van der Waals surface area contributed by atoms with E-state index in [1.165, 1.54) is 167 Å². The highest BCUT2D eigenvalue weighted by Crippen LogP contribution is 2.45. The Morgan fingerprint density at radius 3 is 0.763 bits per heavy atom. The molecule has 93 heavy (non-hydrogen) atoms. The van der Waals surface area contributed by atoms with E-state index in [4.69, 9.17) is 37.0 Å². The average Bonchev–Trinajstić information content (AvgIpc) is 1.78. The zero-order valence-corrected chi connectivity index (χ0v) is 62.7. The van der Waals surface area contributed by atoms with Gasteiger partial charge in [-0.2, -0.15) is 0 Å². The summed E-state index contributed by atoms with van der Waals surface area (Å²) in [5.74, 6) is 0.904. The number of hydrogen-bond donors (Lipinski definition) is 3.